The van der Waals surface area contributed by atoms with Gasteiger partial charge in [0, 0.05) is 25.3 Å². The van der Waals surface area contributed by atoms with Crippen molar-refractivity contribution in [3.8, 4) is 0 Å². The smallest absolute Gasteiger partial charge is 0.243 e. The van der Waals surface area contributed by atoms with Gasteiger partial charge >= 0.3 is 0 Å². The molecule has 1 fully saturated rings. The van der Waals surface area contributed by atoms with E-state index in [-0.39, 0.29) is 18.0 Å². The lowest BCUT2D eigenvalue weighted by atomic mass is 10.2. The summed E-state index contributed by atoms with van der Waals surface area (Å²) < 4.78 is 52.6. The third-order valence-electron chi connectivity index (χ3n) is 5.33. The zero-order chi connectivity index (χ0) is 23.2. The average molecular weight is 480 g/mol. The quantitative estimate of drug-likeness (QED) is 0.627. The Morgan fingerprint density at radius 3 is 2.06 bits per heavy atom. The maximum absolute atomic E-state index is 12.9. The standard InChI is InChI=1S/C22H29N3O5S2/c1-31(27,28)25(17-19-9-5-4-6-10-19)18-22(26)23-20-11-13-21(14-12-20)32(29,30)24-15-7-2-3-8-16-24/h4-6,9-14H,2-3,7-8,15-18H2,1H3,(H,23,26). The van der Waals surface area contributed by atoms with Gasteiger partial charge in [0.1, 0.15) is 0 Å². The van der Waals surface area contributed by atoms with Crippen LogP contribution < -0.4 is 5.32 Å². The zero-order valence-electron chi connectivity index (χ0n) is 18.1. The van der Waals surface area contributed by atoms with Crippen molar-refractivity contribution in [1.82, 2.24) is 8.61 Å². The van der Waals surface area contributed by atoms with E-state index in [2.05, 4.69) is 5.32 Å². The van der Waals surface area contributed by atoms with Crippen LogP contribution in [0.2, 0.25) is 0 Å². The van der Waals surface area contributed by atoms with Gasteiger partial charge in [-0.1, -0.05) is 43.2 Å². The highest BCUT2D eigenvalue weighted by Crippen LogP contribution is 2.22. The van der Waals surface area contributed by atoms with Crippen LogP contribution in [0.5, 0.6) is 0 Å². The summed E-state index contributed by atoms with van der Waals surface area (Å²) in [6, 6.07) is 15.0. The van der Waals surface area contributed by atoms with Gasteiger partial charge in [-0.15, -0.1) is 0 Å². The van der Waals surface area contributed by atoms with Gasteiger partial charge < -0.3 is 5.32 Å². The number of hydrogen-bond donors (Lipinski definition) is 1. The Hall–Kier alpha value is -2.27. The van der Waals surface area contributed by atoms with E-state index < -0.39 is 26.0 Å². The molecule has 0 unspecified atom stereocenters. The lowest BCUT2D eigenvalue weighted by Crippen LogP contribution is -2.36. The van der Waals surface area contributed by atoms with Gasteiger partial charge in [-0.2, -0.15) is 8.61 Å². The molecular weight excluding hydrogens is 450 g/mol. The van der Waals surface area contributed by atoms with Gasteiger partial charge in [0.05, 0.1) is 17.7 Å². The molecule has 1 aliphatic rings. The SMILES string of the molecule is CS(=O)(=O)N(CC(=O)Nc1ccc(S(=O)(=O)N2CCCCCC2)cc1)Cc1ccccc1. The Balaban J connectivity index is 1.65. The molecule has 1 heterocycles. The normalized spacial score (nSPS) is 15.9. The van der Waals surface area contributed by atoms with Crippen molar-refractivity contribution in [2.45, 2.75) is 37.1 Å². The lowest BCUT2D eigenvalue weighted by molar-refractivity contribution is -0.116. The molecule has 1 aliphatic heterocycles. The highest BCUT2D eigenvalue weighted by Gasteiger charge is 2.25. The first-order valence-electron chi connectivity index (χ1n) is 10.6. The van der Waals surface area contributed by atoms with E-state index in [1.54, 1.807) is 24.3 Å². The summed E-state index contributed by atoms with van der Waals surface area (Å²) in [5.41, 5.74) is 1.17. The topological polar surface area (TPSA) is 104 Å². The molecular formula is C22H29N3O5S2. The first-order chi connectivity index (χ1) is 15.2. The monoisotopic (exact) mass is 479 g/mol. The lowest BCUT2D eigenvalue weighted by Gasteiger charge is -2.20. The van der Waals surface area contributed by atoms with Crippen molar-refractivity contribution in [3.63, 3.8) is 0 Å². The van der Waals surface area contributed by atoms with Crippen molar-refractivity contribution in [2.75, 3.05) is 31.2 Å². The number of rotatable bonds is 8. The largest absolute Gasteiger partial charge is 0.325 e. The van der Waals surface area contributed by atoms with Crippen molar-refractivity contribution < 1.29 is 21.6 Å². The number of amides is 1. The van der Waals surface area contributed by atoms with Gasteiger partial charge in [0.2, 0.25) is 26.0 Å². The van der Waals surface area contributed by atoms with Crippen LogP contribution in [0.3, 0.4) is 0 Å². The Morgan fingerprint density at radius 2 is 1.50 bits per heavy atom. The number of carbonyl (C=O) groups is 1. The first kappa shape index (κ1) is 24.4. The van der Waals surface area contributed by atoms with Crippen LogP contribution in [0.4, 0.5) is 5.69 Å². The summed E-state index contributed by atoms with van der Waals surface area (Å²) >= 11 is 0. The Labute approximate surface area is 190 Å². The second-order valence-corrected chi connectivity index (χ2v) is 11.8. The van der Waals surface area contributed by atoms with E-state index in [1.165, 1.54) is 28.6 Å². The fourth-order valence-electron chi connectivity index (χ4n) is 3.58. The summed E-state index contributed by atoms with van der Waals surface area (Å²) in [5.74, 6) is -0.505. The van der Waals surface area contributed by atoms with E-state index in [9.17, 15) is 21.6 Å². The number of nitrogens with one attached hydrogen (secondary N) is 1. The minimum absolute atomic E-state index is 0.0834. The molecule has 0 bridgehead atoms. The average Bonchev–Trinajstić information content (AvgIpc) is 3.04. The summed E-state index contributed by atoms with van der Waals surface area (Å²) in [7, 11) is -7.17. The molecule has 1 amide bonds. The summed E-state index contributed by atoms with van der Waals surface area (Å²) in [4.78, 5) is 12.7. The van der Waals surface area contributed by atoms with Crippen LogP contribution in [-0.2, 0) is 31.4 Å². The number of hydrogen-bond acceptors (Lipinski definition) is 5. The van der Waals surface area contributed by atoms with Crippen LogP contribution >= 0.6 is 0 Å². The number of anilines is 1. The molecule has 2 aromatic carbocycles. The highest BCUT2D eigenvalue weighted by atomic mass is 32.2. The van der Waals surface area contributed by atoms with Crippen LogP contribution in [0.1, 0.15) is 31.2 Å². The molecule has 0 spiro atoms. The maximum Gasteiger partial charge on any atom is 0.243 e. The second-order valence-electron chi connectivity index (χ2n) is 7.91. The number of sulfonamides is 2. The third-order valence-corrected chi connectivity index (χ3v) is 8.44. The van der Waals surface area contributed by atoms with E-state index in [0.29, 0.717) is 18.8 Å². The van der Waals surface area contributed by atoms with Crippen LogP contribution in [-0.4, -0.2) is 57.2 Å². The van der Waals surface area contributed by atoms with Crippen molar-refractivity contribution in [1.29, 1.82) is 0 Å². The zero-order valence-corrected chi connectivity index (χ0v) is 19.7. The van der Waals surface area contributed by atoms with E-state index in [1.807, 2.05) is 6.07 Å². The molecule has 0 aromatic heterocycles. The van der Waals surface area contributed by atoms with Crippen molar-refractivity contribution >= 4 is 31.6 Å². The van der Waals surface area contributed by atoms with Gasteiger partial charge in [-0.25, -0.2) is 16.8 Å². The fourth-order valence-corrected chi connectivity index (χ4v) is 5.83. The summed E-state index contributed by atoms with van der Waals surface area (Å²) in [6.07, 6.45) is 4.84. The van der Waals surface area contributed by atoms with Crippen molar-refractivity contribution in [2.24, 2.45) is 0 Å². The Kier molecular flexibility index (Phi) is 8.05. The molecule has 1 saturated heterocycles. The molecule has 174 valence electrons. The van der Waals surface area contributed by atoms with Gasteiger partial charge in [-0.3, -0.25) is 4.79 Å². The second kappa shape index (κ2) is 10.6. The van der Waals surface area contributed by atoms with Gasteiger partial charge in [-0.05, 0) is 42.7 Å². The molecule has 8 nitrogen and oxygen atoms in total. The highest BCUT2D eigenvalue weighted by molar-refractivity contribution is 7.89. The molecule has 32 heavy (non-hydrogen) atoms. The third kappa shape index (κ3) is 6.61. The summed E-state index contributed by atoms with van der Waals surface area (Å²) in [5, 5.41) is 2.65. The molecule has 0 aliphatic carbocycles. The number of benzene rings is 2. The van der Waals surface area contributed by atoms with Crippen LogP contribution in [0.25, 0.3) is 0 Å². The molecule has 0 atom stereocenters. The molecule has 3 rings (SSSR count). The first-order valence-corrected chi connectivity index (χ1v) is 13.8. The van der Waals surface area contributed by atoms with Crippen LogP contribution in [0.15, 0.2) is 59.5 Å². The van der Waals surface area contributed by atoms with Gasteiger partial charge in [0.15, 0.2) is 0 Å². The number of nitrogens with zero attached hydrogens (tertiary/aromatic N) is 2. The van der Waals surface area contributed by atoms with E-state index >= 15 is 0 Å². The Bertz CT molecular complexity index is 1110. The predicted octanol–water partition coefficient (Wildman–Crippen LogP) is 2.65. The molecule has 0 radical (unpaired) electrons. The predicted molar refractivity (Wildman–Crippen MR) is 124 cm³/mol. The minimum Gasteiger partial charge on any atom is -0.325 e. The van der Waals surface area contributed by atoms with Crippen molar-refractivity contribution in [3.05, 3.63) is 60.2 Å². The molecule has 1 N–H and O–H groups in total. The molecule has 2 aromatic rings. The van der Waals surface area contributed by atoms with E-state index in [0.717, 1.165) is 41.8 Å². The van der Waals surface area contributed by atoms with Gasteiger partial charge in [0.25, 0.3) is 0 Å². The minimum atomic E-state index is -3.60. The fraction of sp³-hybridized carbons (Fsp3) is 0.409. The molecule has 0 saturated carbocycles. The number of carbonyl (C=O) groups excluding carboxylic acids is 1. The maximum atomic E-state index is 12.9. The Morgan fingerprint density at radius 1 is 0.906 bits per heavy atom. The summed E-state index contributed by atoms with van der Waals surface area (Å²) in [6.45, 7) is 0.773. The molecule has 10 heteroatoms. The van der Waals surface area contributed by atoms with Crippen LogP contribution in [0, 0.1) is 0 Å². The van der Waals surface area contributed by atoms with E-state index in [4.69, 9.17) is 0 Å².